The van der Waals surface area contributed by atoms with Crippen molar-refractivity contribution in [3.05, 3.63) is 58.8 Å². The maximum absolute atomic E-state index is 11.9. The Kier molecular flexibility index (Phi) is 3.13. The molecule has 0 aliphatic heterocycles. The number of rotatable bonds is 4. The summed E-state index contributed by atoms with van der Waals surface area (Å²) in [5.74, 6) is 0. The first-order valence-electron chi connectivity index (χ1n) is 6.52. The molecular weight excluding hydrogens is 252 g/mol. The molecule has 0 saturated heterocycles. The maximum atomic E-state index is 11.9. The van der Waals surface area contributed by atoms with Crippen LogP contribution in [0.4, 0.5) is 0 Å². The average molecular weight is 266 g/mol. The molecule has 0 unspecified atom stereocenters. The summed E-state index contributed by atoms with van der Waals surface area (Å²) in [6.45, 7) is 1.35. The highest BCUT2D eigenvalue weighted by molar-refractivity contribution is 5.74. The number of aromatic nitrogens is 3. The van der Waals surface area contributed by atoms with Crippen LogP contribution in [0.5, 0.6) is 0 Å². The zero-order valence-electron chi connectivity index (χ0n) is 10.9. The monoisotopic (exact) mass is 266 g/mol. The molecule has 0 atom stereocenters. The Hall–Kier alpha value is -2.74. The molecule has 0 bridgehead atoms. The van der Waals surface area contributed by atoms with Gasteiger partial charge in [-0.05, 0) is 30.7 Å². The van der Waals surface area contributed by atoms with Gasteiger partial charge in [0.15, 0.2) is 0 Å². The number of hydrogen-bond acceptors (Lipinski definition) is 2. The Morgan fingerprint density at radius 2 is 2.00 bits per heavy atom. The van der Waals surface area contributed by atoms with Gasteiger partial charge in [-0.15, -0.1) is 0 Å². The third-order valence-electron chi connectivity index (χ3n) is 3.41. The number of para-hydroxylation sites is 2. The van der Waals surface area contributed by atoms with Crippen LogP contribution in [0, 0.1) is 11.3 Å². The fourth-order valence-corrected chi connectivity index (χ4v) is 2.44. The Morgan fingerprint density at radius 3 is 2.85 bits per heavy atom. The van der Waals surface area contributed by atoms with Gasteiger partial charge in [-0.3, -0.25) is 4.57 Å². The standard InChI is InChI=1S/C15H14N4O/c16-11-12-5-3-8-18(12)9-4-10-19-14-7-2-1-6-13(14)17-15(19)20/h1-3,5-8H,4,9-10H2,(H,17,20). The number of nitriles is 1. The maximum Gasteiger partial charge on any atom is 0.326 e. The summed E-state index contributed by atoms with van der Waals surface area (Å²) in [5.41, 5.74) is 2.34. The summed E-state index contributed by atoms with van der Waals surface area (Å²) >= 11 is 0. The molecule has 3 rings (SSSR count). The Morgan fingerprint density at radius 1 is 1.15 bits per heavy atom. The van der Waals surface area contributed by atoms with Crippen LogP contribution in [0.15, 0.2) is 47.4 Å². The third-order valence-corrected chi connectivity index (χ3v) is 3.41. The van der Waals surface area contributed by atoms with E-state index in [1.54, 1.807) is 10.6 Å². The first-order valence-corrected chi connectivity index (χ1v) is 6.52. The van der Waals surface area contributed by atoms with Gasteiger partial charge in [0.05, 0.1) is 11.0 Å². The number of H-pyrrole nitrogens is 1. The van der Waals surface area contributed by atoms with Crippen LogP contribution in [0.3, 0.4) is 0 Å². The Balaban J connectivity index is 1.76. The second-order valence-corrected chi connectivity index (χ2v) is 4.65. The molecule has 0 aliphatic carbocycles. The van der Waals surface area contributed by atoms with Gasteiger partial charge in [0.2, 0.25) is 0 Å². The van der Waals surface area contributed by atoms with Crippen molar-refractivity contribution in [2.75, 3.05) is 0 Å². The van der Waals surface area contributed by atoms with Gasteiger partial charge in [0.25, 0.3) is 0 Å². The smallest absolute Gasteiger partial charge is 0.326 e. The summed E-state index contributed by atoms with van der Waals surface area (Å²) in [7, 11) is 0. The van der Waals surface area contributed by atoms with E-state index in [0.717, 1.165) is 24.0 Å². The molecule has 2 heterocycles. The van der Waals surface area contributed by atoms with Crippen LogP contribution in [0.25, 0.3) is 11.0 Å². The minimum Gasteiger partial charge on any atom is -0.339 e. The zero-order valence-corrected chi connectivity index (χ0v) is 10.9. The van der Waals surface area contributed by atoms with E-state index < -0.39 is 0 Å². The molecule has 1 N–H and O–H groups in total. The van der Waals surface area contributed by atoms with E-state index in [4.69, 9.17) is 5.26 Å². The van der Waals surface area contributed by atoms with Crippen molar-refractivity contribution in [1.82, 2.24) is 14.1 Å². The third kappa shape index (κ3) is 2.12. The highest BCUT2D eigenvalue weighted by Crippen LogP contribution is 2.10. The lowest BCUT2D eigenvalue weighted by molar-refractivity contribution is 0.561. The van der Waals surface area contributed by atoms with Crippen molar-refractivity contribution in [2.24, 2.45) is 0 Å². The molecule has 5 nitrogen and oxygen atoms in total. The van der Waals surface area contributed by atoms with Gasteiger partial charge < -0.3 is 9.55 Å². The number of benzene rings is 1. The lowest BCUT2D eigenvalue weighted by atomic mass is 10.3. The fourth-order valence-electron chi connectivity index (χ4n) is 2.44. The number of imidazole rings is 1. The number of aryl methyl sites for hydroxylation is 2. The molecule has 0 amide bonds. The Bertz CT molecular complexity index is 831. The molecule has 0 fully saturated rings. The van der Waals surface area contributed by atoms with E-state index in [-0.39, 0.29) is 5.69 Å². The fraction of sp³-hybridized carbons (Fsp3) is 0.200. The molecule has 0 radical (unpaired) electrons. The molecule has 0 spiro atoms. The lowest BCUT2D eigenvalue weighted by Crippen LogP contribution is -2.17. The van der Waals surface area contributed by atoms with Crippen LogP contribution >= 0.6 is 0 Å². The lowest BCUT2D eigenvalue weighted by Gasteiger charge is -2.06. The number of fused-ring (bicyclic) bond motifs is 1. The van der Waals surface area contributed by atoms with Crippen LogP contribution in [0.1, 0.15) is 12.1 Å². The number of nitrogens with zero attached hydrogens (tertiary/aromatic N) is 3. The van der Waals surface area contributed by atoms with Crippen LogP contribution in [-0.2, 0) is 13.1 Å². The molecule has 1 aromatic carbocycles. The topological polar surface area (TPSA) is 66.5 Å². The largest absolute Gasteiger partial charge is 0.339 e. The molecule has 5 heteroatoms. The minimum atomic E-state index is -0.0841. The van der Waals surface area contributed by atoms with Crippen molar-refractivity contribution < 1.29 is 0 Å². The number of aromatic amines is 1. The van der Waals surface area contributed by atoms with E-state index >= 15 is 0 Å². The van der Waals surface area contributed by atoms with Gasteiger partial charge in [-0.2, -0.15) is 5.26 Å². The van der Waals surface area contributed by atoms with Crippen LogP contribution in [-0.4, -0.2) is 14.1 Å². The van der Waals surface area contributed by atoms with Gasteiger partial charge in [0, 0.05) is 19.3 Å². The summed E-state index contributed by atoms with van der Waals surface area (Å²) in [6, 6.07) is 13.5. The van der Waals surface area contributed by atoms with E-state index in [9.17, 15) is 4.79 Å². The van der Waals surface area contributed by atoms with Crippen molar-refractivity contribution in [3.8, 4) is 6.07 Å². The quantitative estimate of drug-likeness (QED) is 0.785. The second kappa shape index (κ2) is 5.10. The summed E-state index contributed by atoms with van der Waals surface area (Å²) in [4.78, 5) is 14.7. The molecule has 3 aromatic rings. The van der Waals surface area contributed by atoms with Crippen molar-refractivity contribution in [3.63, 3.8) is 0 Å². The predicted molar refractivity (Wildman–Crippen MR) is 76.3 cm³/mol. The summed E-state index contributed by atoms with van der Waals surface area (Å²) in [5, 5.41) is 8.95. The number of nitrogens with one attached hydrogen (secondary N) is 1. The van der Waals surface area contributed by atoms with Gasteiger partial charge in [-0.25, -0.2) is 4.79 Å². The van der Waals surface area contributed by atoms with Crippen LogP contribution < -0.4 is 5.69 Å². The average Bonchev–Trinajstić information content (AvgIpc) is 3.03. The first kappa shape index (κ1) is 12.3. The predicted octanol–water partition coefficient (Wildman–Crippen LogP) is 2.09. The van der Waals surface area contributed by atoms with E-state index in [1.165, 1.54) is 0 Å². The summed E-state index contributed by atoms with van der Waals surface area (Å²) < 4.78 is 3.64. The molecule has 0 aliphatic rings. The van der Waals surface area contributed by atoms with E-state index in [0.29, 0.717) is 12.2 Å². The molecular formula is C15H14N4O. The zero-order chi connectivity index (χ0) is 13.9. The SMILES string of the molecule is N#Cc1cccn1CCCn1c(=O)[nH]c2ccccc21. The van der Waals surface area contributed by atoms with Gasteiger partial charge in [0.1, 0.15) is 11.8 Å². The van der Waals surface area contributed by atoms with Crippen molar-refractivity contribution in [2.45, 2.75) is 19.5 Å². The molecule has 20 heavy (non-hydrogen) atoms. The highest BCUT2D eigenvalue weighted by Gasteiger charge is 2.06. The van der Waals surface area contributed by atoms with Crippen LogP contribution in [0.2, 0.25) is 0 Å². The van der Waals surface area contributed by atoms with Gasteiger partial charge in [-0.1, -0.05) is 12.1 Å². The number of hydrogen-bond donors (Lipinski definition) is 1. The second-order valence-electron chi connectivity index (χ2n) is 4.65. The normalized spacial score (nSPS) is 10.8. The summed E-state index contributed by atoms with van der Waals surface area (Å²) in [6.07, 6.45) is 2.68. The van der Waals surface area contributed by atoms with Gasteiger partial charge >= 0.3 is 5.69 Å². The first-order chi connectivity index (χ1) is 9.79. The van der Waals surface area contributed by atoms with E-state index in [2.05, 4.69) is 11.1 Å². The molecule has 0 saturated carbocycles. The van der Waals surface area contributed by atoms with E-state index in [1.807, 2.05) is 41.1 Å². The molecule has 2 aromatic heterocycles. The minimum absolute atomic E-state index is 0.0841. The Labute approximate surface area is 115 Å². The highest BCUT2D eigenvalue weighted by atomic mass is 16.1. The van der Waals surface area contributed by atoms with Crippen molar-refractivity contribution in [1.29, 1.82) is 5.26 Å². The van der Waals surface area contributed by atoms with Crippen molar-refractivity contribution >= 4 is 11.0 Å². The molecule has 100 valence electrons.